The smallest absolute Gasteiger partial charge is 0.422 e. The number of nitrogens with zero attached hydrogens (tertiary/aromatic N) is 3. The van der Waals surface area contributed by atoms with E-state index in [4.69, 9.17) is 4.74 Å². The summed E-state index contributed by atoms with van der Waals surface area (Å²) >= 11 is 1.57. The minimum atomic E-state index is -4.35. The molecule has 25 heavy (non-hydrogen) atoms. The van der Waals surface area contributed by atoms with E-state index in [1.807, 2.05) is 32.8 Å². The fraction of sp³-hybridized carbons (Fsp3) is 0.250. The number of hydrogen-bond acceptors (Lipinski definition) is 3. The van der Waals surface area contributed by atoms with Gasteiger partial charge in [-0.15, -0.1) is 0 Å². The van der Waals surface area contributed by atoms with Gasteiger partial charge in [0.1, 0.15) is 11.4 Å². The van der Waals surface area contributed by atoms with Crippen LogP contribution in [0, 0.1) is 6.92 Å². The molecule has 0 unspecified atom stereocenters. The quantitative estimate of drug-likeness (QED) is 0.603. The molecule has 3 heterocycles. The average molecular weight is 388 g/mol. The first-order valence-electron chi connectivity index (χ1n) is 7.29. The predicted octanol–water partition coefficient (Wildman–Crippen LogP) is 0.576. The lowest BCUT2D eigenvalue weighted by Crippen LogP contribution is -3.00. The zero-order valence-electron chi connectivity index (χ0n) is 13.0. The molecule has 4 nitrogen and oxygen atoms in total. The number of pyridine rings is 1. The fourth-order valence-electron chi connectivity index (χ4n) is 2.76. The van der Waals surface area contributed by atoms with Gasteiger partial charge >= 0.3 is 12.1 Å². The van der Waals surface area contributed by atoms with Crippen LogP contribution in [0.2, 0.25) is 0 Å². The van der Waals surface area contributed by atoms with Crippen LogP contribution in [0.4, 0.5) is 13.2 Å². The summed E-state index contributed by atoms with van der Waals surface area (Å²) in [5.74, 6) is 1.62. The first-order chi connectivity index (χ1) is 11.4. The number of hydrogen-bond donors (Lipinski definition) is 0. The molecule has 1 aliphatic rings. The van der Waals surface area contributed by atoms with Crippen LogP contribution in [0.25, 0.3) is 17.0 Å². The lowest BCUT2D eigenvalue weighted by atomic mass is 10.2. The molecule has 0 radical (unpaired) electrons. The highest BCUT2D eigenvalue weighted by molar-refractivity contribution is 7.97. The Morgan fingerprint density at radius 2 is 2.04 bits per heavy atom. The number of halogens is 4. The van der Waals surface area contributed by atoms with Gasteiger partial charge in [-0.1, -0.05) is 17.1 Å². The van der Waals surface area contributed by atoms with Gasteiger partial charge < -0.3 is 17.1 Å². The number of alkyl halides is 3. The van der Waals surface area contributed by atoms with Crippen LogP contribution >= 0.6 is 11.9 Å². The summed E-state index contributed by atoms with van der Waals surface area (Å²) in [6.45, 7) is 0.485. The third-order valence-electron chi connectivity index (χ3n) is 3.91. The molecule has 1 aliphatic heterocycles. The fourth-order valence-corrected chi connectivity index (χ4v) is 3.90. The van der Waals surface area contributed by atoms with Gasteiger partial charge in [0.05, 0.1) is 11.9 Å². The maximum absolute atomic E-state index is 12.4. The third kappa shape index (κ3) is 3.16. The highest BCUT2D eigenvalue weighted by Gasteiger charge is 2.32. The van der Waals surface area contributed by atoms with Gasteiger partial charge in [-0.05, 0) is 19.1 Å². The lowest BCUT2D eigenvalue weighted by molar-refractivity contribution is -0.612. The van der Waals surface area contributed by atoms with E-state index in [1.165, 1.54) is 0 Å². The average Bonchev–Trinajstić information content (AvgIpc) is 2.92. The number of imidazole rings is 1. The van der Waals surface area contributed by atoms with Crippen molar-refractivity contribution in [3.05, 3.63) is 47.8 Å². The van der Waals surface area contributed by atoms with E-state index in [0.29, 0.717) is 11.3 Å². The van der Waals surface area contributed by atoms with E-state index in [1.54, 1.807) is 31.1 Å². The Labute approximate surface area is 152 Å². The number of aromatic nitrogens is 3. The van der Waals surface area contributed by atoms with Gasteiger partial charge in [-0.25, -0.2) is 4.57 Å². The number of fused-ring (bicyclic) bond motifs is 5. The molecular formula is C16H13ClF3N3OS. The maximum atomic E-state index is 12.4. The summed E-state index contributed by atoms with van der Waals surface area (Å²) in [5, 5.41) is 0. The molecule has 132 valence electrons. The molecule has 4 rings (SSSR count). The normalized spacial score (nSPS) is 13.1. The molecule has 1 aromatic carbocycles. The summed E-state index contributed by atoms with van der Waals surface area (Å²) in [6.07, 6.45) is -2.64. The second-order valence-corrected chi connectivity index (χ2v) is 6.41. The standard InChI is InChI=1S/C16H13F3N3OS.ClH/c1-10-13-8-24-22-12-5-3-2-4-11(12)20-15(22)21(13)7-6-14(10)23-9-16(17,18)19;/h2-7H,8-9H2,1H3;1H/q+1;/p-1. The van der Waals surface area contributed by atoms with E-state index in [0.717, 1.165) is 22.7 Å². The van der Waals surface area contributed by atoms with Crippen molar-refractivity contribution in [2.75, 3.05) is 6.61 Å². The van der Waals surface area contributed by atoms with Crippen LogP contribution in [0.15, 0.2) is 36.5 Å². The molecule has 3 aromatic rings. The summed E-state index contributed by atoms with van der Waals surface area (Å²) < 4.78 is 46.0. The largest absolute Gasteiger partial charge is 1.00 e. The Balaban J connectivity index is 0.00000182. The first kappa shape index (κ1) is 17.9. The van der Waals surface area contributed by atoms with Crippen molar-refractivity contribution in [3.8, 4) is 11.7 Å². The Morgan fingerprint density at radius 1 is 1.28 bits per heavy atom. The van der Waals surface area contributed by atoms with E-state index < -0.39 is 12.8 Å². The van der Waals surface area contributed by atoms with Gasteiger partial charge in [0, 0.05) is 23.6 Å². The zero-order valence-corrected chi connectivity index (χ0v) is 14.6. The summed E-state index contributed by atoms with van der Waals surface area (Å²) in [5.41, 5.74) is 3.50. The Bertz CT molecular complexity index is 942. The van der Waals surface area contributed by atoms with Gasteiger partial charge in [0.15, 0.2) is 17.6 Å². The van der Waals surface area contributed by atoms with Crippen LogP contribution in [-0.4, -0.2) is 21.7 Å². The SMILES string of the molecule is Cc1c(OCC(F)(F)F)cc[n+]2c1CSn1c-2nc2ccccc21.[Cl-]. The second kappa shape index (κ2) is 6.42. The number of benzene rings is 1. The number of para-hydroxylation sites is 2. The van der Waals surface area contributed by atoms with Crippen LogP contribution in [0.5, 0.6) is 5.75 Å². The van der Waals surface area contributed by atoms with Crippen LogP contribution in [0.1, 0.15) is 11.3 Å². The third-order valence-corrected chi connectivity index (χ3v) is 4.93. The summed E-state index contributed by atoms with van der Waals surface area (Å²) in [7, 11) is 0. The minimum absolute atomic E-state index is 0. The molecule has 2 aromatic heterocycles. The highest BCUT2D eigenvalue weighted by atomic mass is 35.5. The van der Waals surface area contributed by atoms with Gasteiger partial charge in [-0.3, -0.25) is 0 Å². The van der Waals surface area contributed by atoms with E-state index in [9.17, 15) is 13.2 Å². The van der Waals surface area contributed by atoms with Crippen molar-refractivity contribution in [3.63, 3.8) is 0 Å². The van der Waals surface area contributed by atoms with Crippen molar-refractivity contribution in [1.29, 1.82) is 0 Å². The molecular weight excluding hydrogens is 375 g/mol. The van der Waals surface area contributed by atoms with Crippen molar-refractivity contribution < 1.29 is 34.9 Å². The molecule has 0 fully saturated rings. The Kier molecular flexibility index (Phi) is 4.59. The van der Waals surface area contributed by atoms with E-state index in [2.05, 4.69) is 4.98 Å². The molecule has 0 saturated carbocycles. The lowest BCUT2D eigenvalue weighted by Gasteiger charge is -2.18. The van der Waals surface area contributed by atoms with E-state index >= 15 is 0 Å². The molecule has 0 atom stereocenters. The monoisotopic (exact) mass is 387 g/mol. The van der Waals surface area contributed by atoms with Gasteiger partial charge in [-0.2, -0.15) is 17.1 Å². The van der Waals surface area contributed by atoms with Crippen LogP contribution < -0.4 is 21.7 Å². The summed E-state index contributed by atoms with van der Waals surface area (Å²) in [6, 6.07) is 9.38. The zero-order chi connectivity index (χ0) is 16.9. The van der Waals surface area contributed by atoms with Crippen LogP contribution in [0.3, 0.4) is 0 Å². The van der Waals surface area contributed by atoms with Crippen molar-refractivity contribution in [2.45, 2.75) is 18.9 Å². The maximum Gasteiger partial charge on any atom is 0.422 e. The van der Waals surface area contributed by atoms with Gasteiger partial charge in [0.2, 0.25) is 0 Å². The van der Waals surface area contributed by atoms with Crippen LogP contribution in [-0.2, 0) is 5.75 Å². The molecule has 0 spiro atoms. The molecule has 0 saturated heterocycles. The van der Waals surface area contributed by atoms with Gasteiger partial charge in [0.25, 0.3) is 0 Å². The van der Waals surface area contributed by atoms with Crippen molar-refractivity contribution in [1.82, 2.24) is 8.96 Å². The second-order valence-electron chi connectivity index (χ2n) is 5.49. The predicted molar refractivity (Wildman–Crippen MR) is 84.2 cm³/mol. The van der Waals surface area contributed by atoms with Crippen molar-refractivity contribution in [2.24, 2.45) is 0 Å². The number of rotatable bonds is 2. The number of ether oxygens (including phenoxy) is 1. The molecule has 9 heteroatoms. The minimum Gasteiger partial charge on any atom is -1.00 e. The Morgan fingerprint density at radius 3 is 2.80 bits per heavy atom. The van der Waals surface area contributed by atoms with E-state index in [-0.39, 0.29) is 18.2 Å². The molecule has 0 N–H and O–H groups in total. The molecule has 0 amide bonds. The molecule has 0 aliphatic carbocycles. The topological polar surface area (TPSA) is 30.9 Å². The molecule has 0 bridgehead atoms. The summed E-state index contributed by atoms with van der Waals surface area (Å²) in [4.78, 5) is 4.63. The highest BCUT2D eigenvalue weighted by Crippen LogP contribution is 2.31. The Hall–Kier alpha value is -1.93. The van der Waals surface area contributed by atoms with Crippen molar-refractivity contribution >= 4 is 23.0 Å². The first-order valence-corrected chi connectivity index (χ1v) is 8.23.